The van der Waals surface area contributed by atoms with Gasteiger partial charge >= 0.3 is 0 Å². The Hall–Kier alpha value is -1.62. The number of pyridine rings is 1. The lowest BCUT2D eigenvalue weighted by molar-refractivity contribution is 1.12. The molecule has 2 aromatic rings. The van der Waals surface area contributed by atoms with E-state index in [1.54, 1.807) is 18.6 Å². The van der Waals surface area contributed by atoms with Gasteiger partial charge in [0.1, 0.15) is 5.00 Å². The third-order valence-electron chi connectivity index (χ3n) is 1.72. The third-order valence-corrected chi connectivity index (χ3v) is 2.50. The highest BCUT2D eigenvalue weighted by atomic mass is 32.1. The summed E-state index contributed by atoms with van der Waals surface area (Å²) >= 11 is 1.45. The van der Waals surface area contributed by atoms with Gasteiger partial charge < -0.3 is 11.1 Å². The SMILES string of the molecule is Nc1cnc(NCc2ccncc2)s1. The Labute approximate surface area is 85.8 Å². The Morgan fingerprint density at radius 3 is 2.79 bits per heavy atom. The number of hydrogen-bond donors (Lipinski definition) is 2. The predicted molar refractivity (Wildman–Crippen MR) is 58.1 cm³/mol. The van der Waals surface area contributed by atoms with E-state index in [9.17, 15) is 0 Å². The molecule has 0 spiro atoms. The van der Waals surface area contributed by atoms with Crippen molar-refractivity contribution in [1.29, 1.82) is 0 Å². The number of nitrogens with zero attached hydrogens (tertiary/aromatic N) is 2. The maximum absolute atomic E-state index is 5.55. The van der Waals surface area contributed by atoms with Crippen LogP contribution in [0.15, 0.2) is 30.7 Å². The molecule has 0 aliphatic rings. The molecule has 0 saturated carbocycles. The van der Waals surface area contributed by atoms with E-state index in [4.69, 9.17) is 5.73 Å². The normalized spacial score (nSPS) is 10.0. The number of rotatable bonds is 3. The maximum atomic E-state index is 5.55. The zero-order valence-corrected chi connectivity index (χ0v) is 8.29. The molecule has 0 aromatic carbocycles. The molecule has 0 bridgehead atoms. The van der Waals surface area contributed by atoms with Crippen molar-refractivity contribution >= 4 is 21.5 Å². The van der Waals surface area contributed by atoms with Crippen molar-refractivity contribution in [3.05, 3.63) is 36.3 Å². The molecule has 4 nitrogen and oxygen atoms in total. The number of thiazole rings is 1. The second-order valence-corrected chi connectivity index (χ2v) is 3.84. The summed E-state index contributed by atoms with van der Waals surface area (Å²) in [6, 6.07) is 3.92. The van der Waals surface area contributed by atoms with Crippen molar-refractivity contribution in [2.45, 2.75) is 6.54 Å². The summed E-state index contributed by atoms with van der Waals surface area (Å²) in [4.78, 5) is 8.04. The second-order valence-electron chi connectivity index (χ2n) is 2.78. The van der Waals surface area contributed by atoms with Crippen LogP contribution in [0.2, 0.25) is 0 Å². The summed E-state index contributed by atoms with van der Waals surface area (Å²) in [6.07, 6.45) is 5.19. The largest absolute Gasteiger partial charge is 0.389 e. The lowest BCUT2D eigenvalue weighted by atomic mass is 10.3. The quantitative estimate of drug-likeness (QED) is 0.802. The summed E-state index contributed by atoms with van der Waals surface area (Å²) in [5.74, 6) is 0. The molecular formula is C9H10N4S. The van der Waals surface area contributed by atoms with Crippen LogP contribution in [0.1, 0.15) is 5.56 Å². The lowest BCUT2D eigenvalue weighted by Crippen LogP contribution is -1.98. The van der Waals surface area contributed by atoms with Crippen LogP contribution in [-0.4, -0.2) is 9.97 Å². The van der Waals surface area contributed by atoms with E-state index in [-0.39, 0.29) is 0 Å². The molecule has 2 aromatic heterocycles. The van der Waals surface area contributed by atoms with E-state index >= 15 is 0 Å². The maximum Gasteiger partial charge on any atom is 0.184 e. The van der Waals surface area contributed by atoms with Gasteiger partial charge in [0.15, 0.2) is 5.13 Å². The van der Waals surface area contributed by atoms with Gasteiger partial charge in [0.05, 0.1) is 6.20 Å². The first-order valence-electron chi connectivity index (χ1n) is 4.18. The Balaban J connectivity index is 1.95. The summed E-state index contributed by atoms with van der Waals surface area (Å²) < 4.78 is 0. The highest BCUT2D eigenvalue weighted by molar-refractivity contribution is 7.19. The van der Waals surface area contributed by atoms with Crippen LogP contribution in [0.4, 0.5) is 10.1 Å². The fourth-order valence-corrected chi connectivity index (χ4v) is 1.63. The first-order chi connectivity index (χ1) is 6.84. The van der Waals surface area contributed by atoms with Crippen LogP contribution in [0.3, 0.4) is 0 Å². The van der Waals surface area contributed by atoms with Gasteiger partial charge in [0.2, 0.25) is 0 Å². The third kappa shape index (κ3) is 2.20. The highest BCUT2D eigenvalue weighted by Crippen LogP contribution is 2.19. The van der Waals surface area contributed by atoms with Crippen molar-refractivity contribution < 1.29 is 0 Å². The summed E-state index contributed by atoms with van der Waals surface area (Å²) in [7, 11) is 0. The van der Waals surface area contributed by atoms with Crippen LogP contribution >= 0.6 is 11.3 Å². The van der Waals surface area contributed by atoms with Crippen molar-refractivity contribution in [3.63, 3.8) is 0 Å². The molecule has 0 unspecified atom stereocenters. The summed E-state index contributed by atoms with van der Waals surface area (Å²) in [6.45, 7) is 0.746. The Morgan fingerprint density at radius 1 is 1.36 bits per heavy atom. The van der Waals surface area contributed by atoms with Crippen LogP contribution in [-0.2, 0) is 6.54 Å². The zero-order chi connectivity index (χ0) is 9.80. The van der Waals surface area contributed by atoms with E-state index in [1.807, 2.05) is 12.1 Å². The monoisotopic (exact) mass is 206 g/mol. The molecule has 14 heavy (non-hydrogen) atoms. The van der Waals surface area contributed by atoms with Crippen LogP contribution in [0, 0.1) is 0 Å². The predicted octanol–water partition coefficient (Wildman–Crippen LogP) is 1.73. The van der Waals surface area contributed by atoms with Crippen molar-refractivity contribution in [2.24, 2.45) is 0 Å². The minimum atomic E-state index is 0.724. The Morgan fingerprint density at radius 2 is 2.14 bits per heavy atom. The Bertz CT molecular complexity index is 398. The Kier molecular flexibility index (Phi) is 2.60. The standard InChI is InChI=1S/C9H10N4S/c10-8-6-13-9(14-8)12-5-7-1-3-11-4-2-7/h1-4,6H,5,10H2,(H,12,13). The highest BCUT2D eigenvalue weighted by Gasteiger charge is 1.97. The average Bonchev–Trinajstić information content (AvgIpc) is 2.63. The second kappa shape index (κ2) is 4.06. The van der Waals surface area contributed by atoms with Gasteiger partial charge in [-0.2, -0.15) is 0 Å². The molecule has 0 aliphatic carbocycles. The molecule has 0 radical (unpaired) electrons. The van der Waals surface area contributed by atoms with Gasteiger partial charge in [-0.3, -0.25) is 4.98 Å². The number of hydrogen-bond acceptors (Lipinski definition) is 5. The molecule has 5 heteroatoms. The van der Waals surface area contributed by atoms with Crippen LogP contribution in [0.25, 0.3) is 0 Å². The minimum Gasteiger partial charge on any atom is -0.389 e. The molecule has 0 saturated heterocycles. The minimum absolute atomic E-state index is 0.724. The van der Waals surface area contributed by atoms with Crippen molar-refractivity contribution in [1.82, 2.24) is 9.97 Å². The molecule has 3 N–H and O–H groups in total. The fraction of sp³-hybridized carbons (Fsp3) is 0.111. The van der Waals surface area contributed by atoms with E-state index in [0.29, 0.717) is 0 Å². The molecular weight excluding hydrogens is 196 g/mol. The number of anilines is 2. The number of nitrogen functional groups attached to an aromatic ring is 1. The molecule has 2 heterocycles. The number of aromatic nitrogens is 2. The first-order valence-corrected chi connectivity index (χ1v) is 5.00. The van der Waals surface area contributed by atoms with E-state index in [1.165, 1.54) is 16.9 Å². The number of nitrogens with one attached hydrogen (secondary N) is 1. The topological polar surface area (TPSA) is 63.8 Å². The first kappa shape index (κ1) is 8.96. The van der Waals surface area contributed by atoms with E-state index < -0.39 is 0 Å². The van der Waals surface area contributed by atoms with Crippen molar-refractivity contribution in [3.8, 4) is 0 Å². The summed E-state index contributed by atoms with van der Waals surface area (Å²) in [5.41, 5.74) is 6.73. The lowest BCUT2D eigenvalue weighted by Gasteiger charge is -2.01. The van der Waals surface area contributed by atoms with Gasteiger partial charge in [0, 0.05) is 18.9 Å². The van der Waals surface area contributed by atoms with Gasteiger partial charge in [-0.15, -0.1) is 0 Å². The van der Waals surface area contributed by atoms with Gasteiger partial charge in [-0.1, -0.05) is 11.3 Å². The molecule has 72 valence electrons. The van der Waals surface area contributed by atoms with Crippen molar-refractivity contribution in [2.75, 3.05) is 11.1 Å². The molecule has 0 aliphatic heterocycles. The smallest absolute Gasteiger partial charge is 0.184 e. The van der Waals surface area contributed by atoms with Crippen LogP contribution in [0.5, 0.6) is 0 Å². The zero-order valence-electron chi connectivity index (χ0n) is 7.47. The average molecular weight is 206 g/mol. The molecule has 0 fully saturated rings. The van der Waals surface area contributed by atoms with Gasteiger partial charge in [-0.25, -0.2) is 4.98 Å². The molecule has 0 atom stereocenters. The van der Waals surface area contributed by atoms with Crippen LogP contribution < -0.4 is 11.1 Å². The summed E-state index contributed by atoms with van der Waals surface area (Å²) in [5, 5.41) is 4.75. The molecule has 2 rings (SSSR count). The van der Waals surface area contributed by atoms with Gasteiger partial charge in [-0.05, 0) is 17.7 Å². The fourth-order valence-electron chi connectivity index (χ4n) is 1.05. The van der Waals surface area contributed by atoms with E-state index in [0.717, 1.165) is 16.7 Å². The molecule has 0 amide bonds. The van der Waals surface area contributed by atoms with Gasteiger partial charge in [0.25, 0.3) is 0 Å². The number of nitrogens with two attached hydrogens (primary N) is 1. The van der Waals surface area contributed by atoms with E-state index in [2.05, 4.69) is 15.3 Å².